The molecule has 3 aromatic rings. The van der Waals surface area contributed by atoms with E-state index in [1.54, 1.807) is 18.2 Å². The molecule has 1 aromatic heterocycles. The van der Waals surface area contributed by atoms with Crippen molar-refractivity contribution in [3.63, 3.8) is 0 Å². The lowest BCUT2D eigenvalue weighted by molar-refractivity contribution is -0.384. The highest BCUT2D eigenvalue weighted by molar-refractivity contribution is 5.96. The monoisotopic (exact) mass is 411 g/mol. The van der Waals surface area contributed by atoms with Gasteiger partial charge in [-0.15, -0.1) is 10.2 Å². The van der Waals surface area contributed by atoms with Crippen LogP contribution < -0.4 is 10.1 Å². The Kier molecular flexibility index (Phi) is 6.01. The number of hydrogen-bond acceptors (Lipinski definition) is 7. The van der Waals surface area contributed by atoms with Crippen LogP contribution in [-0.4, -0.2) is 40.0 Å². The minimum Gasteiger partial charge on any atom is -0.493 e. The zero-order valence-corrected chi connectivity index (χ0v) is 15.8. The molecule has 0 fully saturated rings. The van der Waals surface area contributed by atoms with Crippen LogP contribution in [0.1, 0.15) is 5.56 Å². The van der Waals surface area contributed by atoms with E-state index in [-0.39, 0.29) is 23.4 Å². The molecule has 3 rings (SSSR count). The molecule has 0 bridgehead atoms. The van der Waals surface area contributed by atoms with Crippen molar-refractivity contribution in [2.45, 2.75) is 6.92 Å². The highest BCUT2D eigenvalue weighted by Crippen LogP contribution is 2.37. The fourth-order valence-corrected chi connectivity index (χ4v) is 2.59. The van der Waals surface area contributed by atoms with Gasteiger partial charge in [0, 0.05) is 17.5 Å². The van der Waals surface area contributed by atoms with Gasteiger partial charge in [-0.05, 0) is 30.7 Å². The Bertz CT molecular complexity index is 1150. The third-order valence-electron chi connectivity index (χ3n) is 4.00. The van der Waals surface area contributed by atoms with Gasteiger partial charge < -0.3 is 20.1 Å². The summed E-state index contributed by atoms with van der Waals surface area (Å²) in [6, 6.07) is 11.0. The number of aryl methyl sites for hydroxylation is 1. The number of carbonyl (C=O) groups excluding carboxylic acids is 2. The number of amides is 2. The molecule has 30 heavy (non-hydrogen) atoms. The maximum Gasteiger partial charge on any atom is 0.283 e. The fraction of sp³-hybridized carbons (Fsp3) is 0.158. The molecule has 2 amide bonds. The van der Waals surface area contributed by atoms with Gasteiger partial charge in [0.15, 0.2) is 12.3 Å². The van der Waals surface area contributed by atoms with Crippen molar-refractivity contribution in [3.8, 4) is 11.6 Å². The molecule has 0 aliphatic heterocycles. The summed E-state index contributed by atoms with van der Waals surface area (Å²) in [7, 11) is 0. The minimum absolute atomic E-state index is 0.115. The van der Waals surface area contributed by atoms with Crippen LogP contribution in [0.3, 0.4) is 0 Å². The number of benzene rings is 2. The number of hydrogen-bond donors (Lipinski definition) is 3. The topological polar surface area (TPSA) is 159 Å². The second-order valence-corrected chi connectivity index (χ2v) is 6.28. The van der Waals surface area contributed by atoms with Gasteiger partial charge in [-0.2, -0.15) is 0 Å². The lowest BCUT2D eigenvalue weighted by atomic mass is 10.2. The summed E-state index contributed by atoms with van der Waals surface area (Å²) in [4.78, 5) is 36.6. The quantitative estimate of drug-likeness (QED) is 0.308. The smallest absolute Gasteiger partial charge is 0.283 e. The van der Waals surface area contributed by atoms with E-state index in [9.17, 15) is 24.8 Å². The van der Waals surface area contributed by atoms with E-state index in [1.165, 1.54) is 18.2 Å². The van der Waals surface area contributed by atoms with E-state index in [1.807, 2.05) is 13.0 Å². The number of ether oxygens (including phenoxy) is 1. The molecule has 154 valence electrons. The first-order valence-electron chi connectivity index (χ1n) is 8.73. The molecule has 0 saturated carbocycles. The first kappa shape index (κ1) is 20.5. The largest absolute Gasteiger partial charge is 0.493 e. The number of nitrogens with zero attached hydrogens (tertiary/aromatic N) is 3. The Morgan fingerprint density at radius 1 is 1.27 bits per heavy atom. The van der Waals surface area contributed by atoms with Crippen molar-refractivity contribution in [2.24, 2.45) is 10.2 Å². The summed E-state index contributed by atoms with van der Waals surface area (Å²) in [6.45, 7) is 1.18. The lowest BCUT2D eigenvalue weighted by Crippen LogP contribution is -2.32. The van der Waals surface area contributed by atoms with Crippen molar-refractivity contribution in [1.82, 2.24) is 10.3 Å². The number of carbonyl (C=O) groups is 2. The predicted molar refractivity (Wildman–Crippen MR) is 106 cm³/mol. The summed E-state index contributed by atoms with van der Waals surface area (Å²) in [5, 5.41) is 30.5. The van der Waals surface area contributed by atoms with Crippen molar-refractivity contribution in [3.05, 3.63) is 58.1 Å². The molecule has 0 unspecified atom stereocenters. The molecule has 0 atom stereocenters. The Labute approximate surface area is 169 Å². The van der Waals surface area contributed by atoms with E-state index in [2.05, 4.69) is 20.5 Å². The number of rotatable bonds is 7. The normalized spacial score (nSPS) is 11.0. The molecule has 0 aliphatic carbocycles. The highest BCUT2D eigenvalue weighted by Gasteiger charge is 2.15. The Hall–Kier alpha value is -4.28. The zero-order chi connectivity index (χ0) is 21.7. The first-order chi connectivity index (χ1) is 14.3. The zero-order valence-electron chi connectivity index (χ0n) is 15.8. The summed E-state index contributed by atoms with van der Waals surface area (Å²) in [5.74, 6) is -1.17. The summed E-state index contributed by atoms with van der Waals surface area (Å²) in [6.07, 6.45) is 0. The molecule has 2 aromatic carbocycles. The van der Waals surface area contributed by atoms with Gasteiger partial charge >= 0.3 is 0 Å². The van der Waals surface area contributed by atoms with Crippen LogP contribution in [0.25, 0.3) is 10.9 Å². The number of aromatic amines is 1. The maximum absolute atomic E-state index is 11.9. The average molecular weight is 411 g/mol. The number of aromatic nitrogens is 1. The molecule has 3 N–H and O–H groups in total. The van der Waals surface area contributed by atoms with Crippen molar-refractivity contribution in [1.29, 1.82) is 0 Å². The Morgan fingerprint density at radius 3 is 2.80 bits per heavy atom. The van der Waals surface area contributed by atoms with Crippen molar-refractivity contribution in [2.75, 3.05) is 13.2 Å². The highest BCUT2D eigenvalue weighted by atomic mass is 16.6. The second-order valence-electron chi connectivity index (χ2n) is 6.28. The molecule has 0 spiro atoms. The summed E-state index contributed by atoms with van der Waals surface area (Å²) < 4.78 is 5.32. The SMILES string of the molecule is Cc1cccc(OCC(=O)NCC(=O)N=Nc2c(O)[nH]c3ccc([N+](=O)[O-])cc23)c1. The summed E-state index contributed by atoms with van der Waals surface area (Å²) >= 11 is 0. The molecular formula is C19H17N5O6. The molecule has 11 heteroatoms. The molecular weight excluding hydrogens is 394 g/mol. The van der Waals surface area contributed by atoms with Crippen molar-refractivity contribution < 1.29 is 24.4 Å². The number of nitrogens with one attached hydrogen (secondary N) is 2. The van der Waals surface area contributed by atoms with E-state index in [4.69, 9.17) is 4.74 Å². The number of aromatic hydroxyl groups is 1. The van der Waals surface area contributed by atoms with Crippen LogP contribution in [0.2, 0.25) is 0 Å². The number of nitro groups is 1. The number of H-pyrrole nitrogens is 1. The molecule has 11 nitrogen and oxygen atoms in total. The Morgan fingerprint density at radius 2 is 2.07 bits per heavy atom. The van der Waals surface area contributed by atoms with Crippen LogP contribution in [0.5, 0.6) is 11.6 Å². The van der Waals surface area contributed by atoms with Gasteiger partial charge in [0.2, 0.25) is 5.88 Å². The van der Waals surface area contributed by atoms with E-state index in [0.717, 1.165) is 5.56 Å². The minimum atomic E-state index is -0.780. The van der Waals surface area contributed by atoms with E-state index >= 15 is 0 Å². The average Bonchev–Trinajstić information content (AvgIpc) is 3.03. The van der Waals surface area contributed by atoms with Crippen LogP contribution in [0, 0.1) is 17.0 Å². The van der Waals surface area contributed by atoms with E-state index in [0.29, 0.717) is 11.3 Å². The number of fused-ring (bicyclic) bond motifs is 1. The van der Waals surface area contributed by atoms with Crippen LogP contribution in [0.15, 0.2) is 52.7 Å². The van der Waals surface area contributed by atoms with Crippen LogP contribution in [-0.2, 0) is 9.59 Å². The maximum atomic E-state index is 11.9. The number of nitro benzene ring substituents is 1. The van der Waals surface area contributed by atoms with Gasteiger partial charge in [-0.3, -0.25) is 19.7 Å². The van der Waals surface area contributed by atoms with Gasteiger partial charge in [0.1, 0.15) is 12.3 Å². The Balaban J connectivity index is 1.58. The van der Waals surface area contributed by atoms with Crippen molar-refractivity contribution >= 4 is 34.1 Å². The van der Waals surface area contributed by atoms with Gasteiger partial charge in [-0.25, -0.2) is 0 Å². The number of azo groups is 1. The summed E-state index contributed by atoms with van der Waals surface area (Å²) in [5.41, 5.74) is 1.05. The first-order valence-corrected chi connectivity index (χ1v) is 8.73. The number of non-ortho nitro benzene ring substituents is 1. The predicted octanol–water partition coefficient (Wildman–Crippen LogP) is 2.90. The standard InChI is InChI=1S/C19H17N5O6/c1-11-3-2-4-13(7-11)30-10-17(26)20-9-16(25)22-23-18-14-8-12(24(28)29)5-6-15(14)21-19(18)27/h2-8,21,27H,9-10H2,1H3,(H,20,26). The van der Waals surface area contributed by atoms with Gasteiger partial charge in [-0.1, -0.05) is 12.1 Å². The molecule has 1 heterocycles. The van der Waals surface area contributed by atoms with Gasteiger partial charge in [0.05, 0.1) is 10.4 Å². The van der Waals surface area contributed by atoms with Crippen LogP contribution >= 0.6 is 0 Å². The third-order valence-corrected chi connectivity index (χ3v) is 4.00. The fourth-order valence-electron chi connectivity index (χ4n) is 2.59. The van der Waals surface area contributed by atoms with Crippen LogP contribution in [0.4, 0.5) is 11.4 Å². The van der Waals surface area contributed by atoms with Gasteiger partial charge in [0.25, 0.3) is 17.5 Å². The lowest BCUT2D eigenvalue weighted by Gasteiger charge is -2.06. The molecule has 0 radical (unpaired) electrons. The second kappa shape index (κ2) is 8.82. The third kappa shape index (κ3) is 4.95. The molecule has 0 aliphatic rings. The van der Waals surface area contributed by atoms with E-state index < -0.39 is 29.2 Å². The molecule has 0 saturated heterocycles.